The van der Waals surface area contributed by atoms with Crippen LogP contribution in [0, 0.1) is 5.92 Å². The zero-order valence-corrected chi connectivity index (χ0v) is 17.3. The van der Waals surface area contributed by atoms with E-state index in [2.05, 4.69) is 10.6 Å². The Bertz CT molecular complexity index is 705. The smallest absolute Gasteiger partial charge is 0.305 e. The molecule has 1 aliphatic heterocycles. The number of rotatable bonds is 6. The summed E-state index contributed by atoms with van der Waals surface area (Å²) in [6.45, 7) is 0.172. The molecule has 7 heteroatoms. The standard InChI is InChI=1S/C23H32N2O5/c26-17-20(15-18-9-5-4-6-10-18)25-21(27)16-19-11-7-2-1-3-8-12-22(28)30-14-13-24-23(19)29/h2,4-7,9-10,19-20,26H,1,3,8,11-17H2,(H,24,29)(H,25,27). The molecule has 0 fully saturated rings. The predicted molar refractivity (Wildman–Crippen MR) is 113 cm³/mol. The molecule has 1 aliphatic rings. The largest absolute Gasteiger partial charge is 0.464 e. The van der Waals surface area contributed by atoms with Crippen LogP contribution in [-0.2, 0) is 25.5 Å². The summed E-state index contributed by atoms with van der Waals surface area (Å²) in [4.78, 5) is 36.7. The van der Waals surface area contributed by atoms with Crippen molar-refractivity contribution >= 4 is 17.8 Å². The van der Waals surface area contributed by atoms with Crippen LogP contribution in [0.2, 0.25) is 0 Å². The van der Waals surface area contributed by atoms with Crippen molar-refractivity contribution in [2.24, 2.45) is 5.92 Å². The van der Waals surface area contributed by atoms with Crippen LogP contribution in [0.5, 0.6) is 0 Å². The molecule has 0 spiro atoms. The first-order chi connectivity index (χ1) is 14.6. The maximum absolute atomic E-state index is 12.5. The van der Waals surface area contributed by atoms with Crippen molar-refractivity contribution in [1.29, 1.82) is 0 Å². The van der Waals surface area contributed by atoms with Gasteiger partial charge in [-0.25, -0.2) is 0 Å². The fraction of sp³-hybridized carbons (Fsp3) is 0.522. The van der Waals surface area contributed by atoms with E-state index < -0.39 is 12.0 Å². The molecule has 0 aliphatic carbocycles. The number of nitrogens with one attached hydrogen (secondary N) is 2. The SMILES string of the molecule is O=C(CC1CC=CCCCCC(=O)OCCNC1=O)NC(CO)Cc1ccccc1. The lowest BCUT2D eigenvalue weighted by Crippen LogP contribution is -2.42. The average molecular weight is 417 g/mol. The number of benzene rings is 1. The number of aliphatic hydroxyl groups is 1. The molecule has 2 atom stereocenters. The summed E-state index contributed by atoms with van der Waals surface area (Å²) in [5.41, 5.74) is 1.02. The molecule has 2 rings (SSSR count). The molecular weight excluding hydrogens is 384 g/mol. The fourth-order valence-corrected chi connectivity index (χ4v) is 3.32. The van der Waals surface area contributed by atoms with E-state index >= 15 is 0 Å². The number of ether oxygens (including phenoxy) is 1. The number of cyclic esters (lactones) is 1. The molecule has 2 unspecified atom stereocenters. The number of carbonyl (C=O) groups is 3. The third-order valence-electron chi connectivity index (χ3n) is 4.97. The van der Waals surface area contributed by atoms with Gasteiger partial charge in [0, 0.05) is 12.8 Å². The minimum atomic E-state index is -0.518. The van der Waals surface area contributed by atoms with Gasteiger partial charge >= 0.3 is 5.97 Å². The Labute approximate surface area is 177 Å². The zero-order valence-electron chi connectivity index (χ0n) is 17.3. The Balaban J connectivity index is 1.91. The lowest BCUT2D eigenvalue weighted by atomic mass is 9.98. The topological polar surface area (TPSA) is 105 Å². The monoisotopic (exact) mass is 416 g/mol. The third-order valence-corrected chi connectivity index (χ3v) is 4.97. The summed E-state index contributed by atoms with van der Waals surface area (Å²) in [5, 5.41) is 15.2. The second-order valence-corrected chi connectivity index (χ2v) is 7.50. The van der Waals surface area contributed by atoms with Crippen molar-refractivity contribution in [2.75, 3.05) is 19.8 Å². The molecule has 2 amide bonds. The van der Waals surface area contributed by atoms with Crippen molar-refractivity contribution < 1.29 is 24.2 Å². The summed E-state index contributed by atoms with van der Waals surface area (Å²) < 4.78 is 5.10. The van der Waals surface area contributed by atoms with Gasteiger partial charge in [-0.05, 0) is 37.7 Å². The molecule has 0 radical (unpaired) electrons. The van der Waals surface area contributed by atoms with Gasteiger partial charge in [-0.3, -0.25) is 14.4 Å². The lowest BCUT2D eigenvalue weighted by molar-refractivity contribution is -0.144. The van der Waals surface area contributed by atoms with E-state index in [1.165, 1.54) is 0 Å². The van der Waals surface area contributed by atoms with Gasteiger partial charge in [0.05, 0.1) is 25.1 Å². The highest BCUT2D eigenvalue weighted by molar-refractivity contribution is 5.86. The van der Waals surface area contributed by atoms with Crippen LogP contribution in [0.15, 0.2) is 42.5 Å². The van der Waals surface area contributed by atoms with E-state index in [0.717, 1.165) is 24.8 Å². The Morgan fingerprint density at radius 2 is 2.00 bits per heavy atom. The van der Waals surface area contributed by atoms with Crippen LogP contribution < -0.4 is 10.6 Å². The van der Waals surface area contributed by atoms with E-state index in [4.69, 9.17) is 4.74 Å². The first kappa shape index (κ1) is 23.6. The van der Waals surface area contributed by atoms with Gasteiger partial charge in [0.15, 0.2) is 0 Å². The van der Waals surface area contributed by atoms with Gasteiger partial charge in [-0.15, -0.1) is 0 Å². The number of allylic oxidation sites excluding steroid dienone is 2. The molecule has 1 heterocycles. The highest BCUT2D eigenvalue weighted by Crippen LogP contribution is 2.13. The molecule has 3 N–H and O–H groups in total. The van der Waals surface area contributed by atoms with Gasteiger partial charge in [0.2, 0.25) is 11.8 Å². The number of esters is 1. The van der Waals surface area contributed by atoms with Crippen LogP contribution in [0.4, 0.5) is 0 Å². The molecular formula is C23H32N2O5. The quantitative estimate of drug-likeness (QED) is 0.485. The molecule has 0 saturated heterocycles. The van der Waals surface area contributed by atoms with Crippen LogP contribution in [0.1, 0.15) is 44.1 Å². The van der Waals surface area contributed by atoms with Crippen LogP contribution in [-0.4, -0.2) is 48.7 Å². The molecule has 7 nitrogen and oxygen atoms in total. The average Bonchev–Trinajstić information content (AvgIpc) is 2.74. The summed E-state index contributed by atoms with van der Waals surface area (Å²) in [6, 6.07) is 9.21. The van der Waals surface area contributed by atoms with E-state index in [1.807, 2.05) is 42.5 Å². The first-order valence-electron chi connectivity index (χ1n) is 10.6. The van der Waals surface area contributed by atoms with Gasteiger partial charge < -0.3 is 20.5 Å². The van der Waals surface area contributed by atoms with Crippen molar-refractivity contribution in [3.8, 4) is 0 Å². The maximum atomic E-state index is 12.5. The normalized spacial score (nSPS) is 19.8. The third kappa shape index (κ3) is 9.22. The van der Waals surface area contributed by atoms with Crippen LogP contribution in [0.25, 0.3) is 0 Å². The minimum Gasteiger partial charge on any atom is -0.464 e. The summed E-state index contributed by atoms with van der Waals surface area (Å²) in [5.74, 6) is -1.29. The Morgan fingerprint density at radius 1 is 1.20 bits per heavy atom. The number of hydrogen-bond acceptors (Lipinski definition) is 5. The Hall–Kier alpha value is -2.67. The molecule has 1 aromatic carbocycles. The van der Waals surface area contributed by atoms with E-state index in [1.54, 1.807) is 0 Å². The molecule has 0 bridgehead atoms. The fourth-order valence-electron chi connectivity index (χ4n) is 3.32. The predicted octanol–water partition coefficient (Wildman–Crippen LogP) is 1.89. The van der Waals surface area contributed by atoms with Gasteiger partial charge in [-0.2, -0.15) is 0 Å². The maximum Gasteiger partial charge on any atom is 0.305 e. The summed E-state index contributed by atoms with van der Waals surface area (Å²) in [7, 11) is 0. The van der Waals surface area contributed by atoms with Gasteiger partial charge in [0.25, 0.3) is 0 Å². The number of carbonyl (C=O) groups excluding carboxylic acids is 3. The van der Waals surface area contributed by atoms with E-state index in [-0.39, 0.29) is 44.0 Å². The minimum absolute atomic E-state index is 0.0290. The van der Waals surface area contributed by atoms with Crippen molar-refractivity contribution in [2.45, 2.75) is 51.0 Å². The zero-order chi connectivity index (χ0) is 21.6. The molecule has 1 aromatic rings. The summed E-state index contributed by atoms with van der Waals surface area (Å²) in [6.07, 6.45) is 7.77. The van der Waals surface area contributed by atoms with Gasteiger partial charge in [-0.1, -0.05) is 42.5 Å². The molecule has 0 saturated carbocycles. The molecule has 0 aromatic heterocycles. The molecule has 164 valence electrons. The van der Waals surface area contributed by atoms with Gasteiger partial charge in [0.1, 0.15) is 6.61 Å². The van der Waals surface area contributed by atoms with Crippen LogP contribution in [0.3, 0.4) is 0 Å². The Kier molecular flexibility index (Phi) is 10.7. The van der Waals surface area contributed by atoms with Crippen LogP contribution >= 0.6 is 0 Å². The Morgan fingerprint density at radius 3 is 2.77 bits per heavy atom. The summed E-state index contributed by atoms with van der Waals surface area (Å²) >= 11 is 0. The second kappa shape index (κ2) is 13.5. The number of amides is 2. The van der Waals surface area contributed by atoms with Crippen molar-refractivity contribution in [3.63, 3.8) is 0 Å². The highest BCUT2D eigenvalue weighted by atomic mass is 16.5. The van der Waals surface area contributed by atoms with E-state index in [0.29, 0.717) is 19.3 Å². The molecule has 30 heavy (non-hydrogen) atoms. The van der Waals surface area contributed by atoms with E-state index in [9.17, 15) is 19.5 Å². The number of hydrogen-bond donors (Lipinski definition) is 3. The first-order valence-corrected chi connectivity index (χ1v) is 10.6. The lowest BCUT2D eigenvalue weighted by Gasteiger charge is -2.19. The highest BCUT2D eigenvalue weighted by Gasteiger charge is 2.22. The second-order valence-electron chi connectivity index (χ2n) is 7.50. The van der Waals surface area contributed by atoms with Crippen molar-refractivity contribution in [1.82, 2.24) is 10.6 Å². The number of aliphatic hydroxyl groups excluding tert-OH is 1. The van der Waals surface area contributed by atoms with Crippen molar-refractivity contribution in [3.05, 3.63) is 48.0 Å².